The number of nitrogens with one attached hydrogen (secondary N) is 1. The first-order chi connectivity index (χ1) is 13.0. The van der Waals surface area contributed by atoms with Gasteiger partial charge in [0.1, 0.15) is 11.6 Å². The molecule has 0 aliphatic heterocycles. The van der Waals surface area contributed by atoms with Gasteiger partial charge in [0.2, 0.25) is 0 Å². The fraction of sp³-hybridized carbons (Fsp3) is 0.500. The Bertz CT molecular complexity index is 818. The minimum Gasteiger partial charge on any atom is -0.491 e. The molecular weight excluding hydrogens is 414 g/mol. The lowest BCUT2D eigenvalue weighted by molar-refractivity contribution is 0.0975. The average Bonchev–Trinajstić information content (AvgIpc) is 2.61. The van der Waals surface area contributed by atoms with E-state index in [1.807, 2.05) is 6.92 Å². The Labute approximate surface area is 169 Å². The van der Waals surface area contributed by atoms with Crippen LogP contribution in [0.2, 0.25) is 5.02 Å². The van der Waals surface area contributed by atoms with Gasteiger partial charge in [-0.05, 0) is 25.3 Å². The quantitative estimate of drug-likeness (QED) is 0.534. The Hall–Kier alpha value is -1.71. The first-order valence-electron chi connectivity index (χ1n) is 8.55. The summed E-state index contributed by atoms with van der Waals surface area (Å²) in [5.74, 6) is -2.18. The molecule has 0 aromatic heterocycles. The summed E-state index contributed by atoms with van der Waals surface area (Å²) < 4.78 is 58.9. The van der Waals surface area contributed by atoms with Crippen molar-refractivity contribution in [2.24, 2.45) is 5.41 Å². The average molecular weight is 439 g/mol. The van der Waals surface area contributed by atoms with E-state index in [1.165, 1.54) is 14.1 Å². The van der Waals surface area contributed by atoms with Crippen molar-refractivity contribution in [2.45, 2.75) is 26.2 Å². The van der Waals surface area contributed by atoms with Crippen LogP contribution in [0.25, 0.3) is 0 Å². The molecule has 10 heteroatoms. The monoisotopic (exact) mass is 438 g/mol. The van der Waals surface area contributed by atoms with Gasteiger partial charge >= 0.3 is 10.2 Å². The van der Waals surface area contributed by atoms with Crippen molar-refractivity contribution in [1.82, 2.24) is 9.03 Å². The van der Waals surface area contributed by atoms with E-state index in [2.05, 4.69) is 6.58 Å². The van der Waals surface area contributed by atoms with Crippen molar-refractivity contribution >= 4 is 27.7 Å². The van der Waals surface area contributed by atoms with Gasteiger partial charge < -0.3 is 4.74 Å². The van der Waals surface area contributed by atoms with Crippen LogP contribution in [0.4, 0.5) is 8.78 Å². The third kappa shape index (κ3) is 6.15. The van der Waals surface area contributed by atoms with Crippen LogP contribution in [0.1, 0.15) is 36.5 Å². The van der Waals surface area contributed by atoms with Crippen LogP contribution in [0.5, 0.6) is 5.75 Å². The number of benzene rings is 1. The zero-order chi connectivity index (χ0) is 21.5. The highest BCUT2D eigenvalue weighted by molar-refractivity contribution is 7.87. The van der Waals surface area contributed by atoms with Crippen LogP contribution in [-0.4, -0.2) is 46.0 Å². The minimum absolute atomic E-state index is 0.0214. The molecule has 6 nitrogen and oxygen atoms in total. The summed E-state index contributed by atoms with van der Waals surface area (Å²) in [6.45, 7) is 5.11. The molecule has 1 unspecified atom stereocenters. The fourth-order valence-electron chi connectivity index (χ4n) is 2.47. The lowest BCUT2D eigenvalue weighted by atomic mass is 9.80. The molecule has 0 fully saturated rings. The molecule has 0 spiro atoms. The van der Waals surface area contributed by atoms with Gasteiger partial charge in [0.05, 0.1) is 23.9 Å². The minimum atomic E-state index is -4.08. The maximum absolute atomic E-state index is 14.4. The predicted octanol–water partition coefficient (Wildman–Crippen LogP) is 3.73. The summed E-state index contributed by atoms with van der Waals surface area (Å²) in [7, 11) is -1.65. The summed E-state index contributed by atoms with van der Waals surface area (Å²) >= 11 is 6.08. The number of alkyl halides is 1. The highest BCUT2D eigenvalue weighted by Crippen LogP contribution is 2.35. The van der Waals surface area contributed by atoms with Crippen molar-refractivity contribution in [3.8, 4) is 5.75 Å². The SMILES string of the molecule is C=CCC(CC)(CCF)COc1cc(F)c(C(=O)NS(=O)(=O)N(C)C)cc1Cl. The molecule has 0 radical (unpaired) electrons. The summed E-state index contributed by atoms with van der Waals surface area (Å²) in [5.41, 5.74) is -1.05. The topological polar surface area (TPSA) is 75.7 Å². The number of halogens is 3. The highest BCUT2D eigenvalue weighted by Gasteiger charge is 2.29. The van der Waals surface area contributed by atoms with E-state index < -0.39 is 39.6 Å². The molecule has 1 aromatic carbocycles. The number of ether oxygens (including phenoxy) is 1. The largest absolute Gasteiger partial charge is 0.491 e. The van der Waals surface area contributed by atoms with E-state index in [0.717, 1.165) is 16.4 Å². The van der Waals surface area contributed by atoms with E-state index in [9.17, 15) is 22.0 Å². The summed E-state index contributed by atoms with van der Waals surface area (Å²) in [4.78, 5) is 12.1. The summed E-state index contributed by atoms with van der Waals surface area (Å²) in [6.07, 6.45) is 3.05. The fourth-order valence-corrected chi connectivity index (χ4v) is 3.22. The molecule has 28 heavy (non-hydrogen) atoms. The zero-order valence-electron chi connectivity index (χ0n) is 16.1. The lowest BCUT2D eigenvalue weighted by Gasteiger charge is -2.31. The van der Waals surface area contributed by atoms with Gasteiger partial charge in [-0.25, -0.2) is 9.11 Å². The van der Waals surface area contributed by atoms with Crippen LogP contribution in [0.3, 0.4) is 0 Å². The first kappa shape index (κ1) is 24.3. The molecule has 1 amide bonds. The van der Waals surface area contributed by atoms with Gasteiger partial charge in [-0.2, -0.15) is 12.7 Å². The zero-order valence-corrected chi connectivity index (χ0v) is 17.7. The molecule has 0 saturated carbocycles. The second-order valence-corrected chi connectivity index (χ2v) is 8.85. The van der Waals surface area contributed by atoms with Gasteiger partial charge in [-0.3, -0.25) is 9.18 Å². The van der Waals surface area contributed by atoms with Crippen molar-refractivity contribution in [3.05, 3.63) is 41.2 Å². The molecule has 1 aromatic rings. The van der Waals surface area contributed by atoms with Gasteiger partial charge in [-0.1, -0.05) is 24.6 Å². The van der Waals surface area contributed by atoms with Crippen molar-refractivity contribution in [2.75, 3.05) is 27.4 Å². The smallest absolute Gasteiger partial charge is 0.303 e. The molecule has 1 rings (SSSR count). The Kier molecular flexibility index (Phi) is 8.84. The molecular formula is C18H25ClF2N2O4S. The van der Waals surface area contributed by atoms with E-state index in [4.69, 9.17) is 16.3 Å². The molecule has 158 valence electrons. The van der Waals surface area contributed by atoms with Gasteiger partial charge in [-0.15, -0.1) is 6.58 Å². The molecule has 0 saturated heterocycles. The number of amides is 1. The molecule has 0 aliphatic rings. The third-order valence-corrected chi connectivity index (χ3v) is 6.15. The summed E-state index contributed by atoms with van der Waals surface area (Å²) in [6, 6.07) is 1.90. The van der Waals surface area contributed by atoms with Gasteiger partial charge in [0.25, 0.3) is 5.91 Å². The second-order valence-electron chi connectivity index (χ2n) is 6.56. The summed E-state index contributed by atoms with van der Waals surface area (Å²) in [5, 5.41) is -0.0716. The highest BCUT2D eigenvalue weighted by atomic mass is 35.5. The third-order valence-electron chi connectivity index (χ3n) is 4.45. The van der Waals surface area contributed by atoms with Crippen LogP contribution in [0, 0.1) is 11.2 Å². The normalized spacial score (nSPS) is 13.8. The van der Waals surface area contributed by atoms with Crippen molar-refractivity contribution < 1.29 is 26.7 Å². The van der Waals surface area contributed by atoms with E-state index >= 15 is 0 Å². The number of nitrogens with zero attached hydrogens (tertiary/aromatic N) is 1. The molecule has 1 atom stereocenters. The van der Waals surface area contributed by atoms with Crippen LogP contribution < -0.4 is 9.46 Å². The lowest BCUT2D eigenvalue weighted by Crippen LogP contribution is -2.39. The Morgan fingerprint density at radius 3 is 2.57 bits per heavy atom. The van der Waals surface area contributed by atoms with Crippen LogP contribution in [0.15, 0.2) is 24.8 Å². The Morgan fingerprint density at radius 1 is 1.43 bits per heavy atom. The van der Waals surface area contributed by atoms with E-state index in [1.54, 1.807) is 10.8 Å². The molecule has 0 aliphatic carbocycles. The van der Waals surface area contributed by atoms with E-state index in [-0.39, 0.29) is 23.8 Å². The number of hydrogen-bond acceptors (Lipinski definition) is 4. The molecule has 0 bridgehead atoms. The van der Waals surface area contributed by atoms with Crippen LogP contribution >= 0.6 is 11.6 Å². The predicted molar refractivity (Wildman–Crippen MR) is 105 cm³/mol. The first-order valence-corrected chi connectivity index (χ1v) is 10.4. The second kappa shape index (κ2) is 10.2. The molecule has 1 N–H and O–H groups in total. The number of carbonyl (C=O) groups is 1. The van der Waals surface area contributed by atoms with Crippen molar-refractivity contribution in [1.29, 1.82) is 0 Å². The number of rotatable bonds is 11. The van der Waals surface area contributed by atoms with Crippen molar-refractivity contribution in [3.63, 3.8) is 0 Å². The maximum Gasteiger partial charge on any atom is 0.303 e. The van der Waals surface area contributed by atoms with Gasteiger partial charge in [0, 0.05) is 25.6 Å². The van der Waals surface area contributed by atoms with Gasteiger partial charge in [0.15, 0.2) is 0 Å². The Morgan fingerprint density at radius 2 is 2.07 bits per heavy atom. The standard InChI is InChI=1S/C18H25ClF2N2O4S/c1-5-7-18(6-2,8-9-20)12-27-16-11-15(21)13(10-14(16)19)17(24)22-28(25,26)23(3)4/h5,10-11H,1,6-9,12H2,2-4H3,(H,22,24). The number of allylic oxidation sites excluding steroid dienone is 1. The Balaban J connectivity index is 3.05. The molecule has 0 heterocycles. The maximum atomic E-state index is 14.4. The van der Waals surface area contributed by atoms with Crippen LogP contribution in [-0.2, 0) is 10.2 Å². The number of hydrogen-bond donors (Lipinski definition) is 1. The van der Waals surface area contributed by atoms with E-state index in [0.29, 0.717) is 12.8 Å². The number of carbonyl (C=O) groups excluding carboxylic acids is 1.